The third-order valence-electron chi connectivity index (χ3n) is 8.92. The molecule has 9 rings (SSSR count). The smallest absolute Gasteiger partial charge is 0.0788 e. The molecule has 2 aliphatic carbocycles. The summed E-state index contributed by atoms with van der Waals surface area (Å²) < 4.78 is 1.05. The number of fused-ring (bicyclic) bond motifs is 14. The van der Waals surface area contributed by atoms with Crippen LogP contribution in [0.25, 0.3) is 55.2 Å². The molecule has 0 bridgehead atoms. The van der Waals surface area contributed by atoms with Crippen molar-refractivity contribution in [1.82, 2.24) is 4.98 Å². The number of para-hydroxylation sites is 1. The van der Waals surface area contributed by atoms with Gasteiger partial charge in [0.25, 0.3) is 0 Å². The lowest BCUT2D eigenvalue weighted by Gasteiger charge is -2.30. The van der Waals surface area contributed by atoms with Crippen LogP contribution < -0.4 is 0 Å². The molecule has 0 saturated carbocycles. The molecule has 0 fully saturated rings. The average molecular weight is 573 g/mol. The standard InChI is InChI=1S/C38H22BrN/c39-24-11-9-10-23(22-24)37-29-20-21-33-36(35(29)28-15-4-8-19-34(28)40-37)27-14-3-7-18-32(27)38(33)30-16-5-1-12-25(30)26-13-2-6-17-31(26)38/h1-22H. The van der Waals surface area contributed by atoms with Crippen LogP contribution in [0.15, 0.2) is 138 Å². The van der Waals surface area contributed by atoms with Crippen LogP contribution in [0.4, 0.5) is 0 Å². The predicted molar refractivity (Wildman–Crippen MR) is 169 cm³/mol. The fourth-order valence-electron chi connectivity index (χ4n) is 7.48. The minimum Gasteiger partial charge on any atom is -0.247 e. The Morgan fingerprint density at radius 1 is 0.500 bits per heavy atom. The van der Waals surface area contributed by atoms with E-state index in [1.165, 1.54) is 60.7 Å². The summed E-state index contributed by atoms with van der Waals surface area (Å²) in [5, 5.41) is 3.66. The van der Waals surface area contributed by atoms with Gasteiger partial charge in [0.2, 0.25) is 0 Å². The van der Waals surface area contributed by atoms with Gasteiger partial charge >= 0.3 is 0 Å². The minimum absolute atomic E-state index is 0.354. The van der Waals surface area contributed by atoms with Crippen molar-refractivity contribution in [1.29, 1.82) is 0 Å². The van der Waals surface area contributed by atoms with Gasteiger partial charge in [0.15, 0.2) is 0 Å². The summed E-state index contributed by atoms with van der Waals surface area (Å²) in [5.74, 6) is 0. The Labute approximate surface area is 240 Å². The summed E-state index contributed by atoms with van der Waals surface area (Å²) >= 11 is 3.69. The first kappa shape index (κ1) is 22.3. The van der Waals surface area contributed by atoms with Crippen LogP contribution in [0, 0.1) is 0 Å². The summed E-state index contributed by atoms with van der Waals surface area (Å²) in [6, 6.07) is 48.8. The number of rotatable bonds is 1. The van der Waals surface area contributed by atoms with Gasteiger partial charge in [-0.1, -0.05) is 131 Å². The molecule has 6 aromatic carbocycles. The third kappa shape index (κ3) is 2.69. The molecule has 1 aromatic heterocycles. The molecular formula is C38H22BrN. The van der Waals surface area contributed by atoms with Crippen molar-refractivity contribution in [3.8, 4) is 33.5 Å². The highest BCUT2D eigenvalue weighted by Gasteiger charge is 2.51. The van der Waals surface area contributed by atoms with E-state index in [9.17, 15) is 0 Å². The Kier molecular flexibility index (Phi) is 4.46. The van der Waals surface area contributed by atoms with Gasteiger partial charge in [-0.25, -0.2) is 4.98 Å². The Bertz CT molecular complexity index is 2150. The first-order valence-corrected chi connectivity index (χ1v) is 14.5. The highest BCUT2D eigenvalue weighted by atomic mass is 79.9. The number of aromatic nitrogens is 1. The molecule has 1 nitrogen and oxygen atoms in total. The minimum atomic E-state index is -0.354. The Morgan fingerprint density at radius 2 is 1.12 bits per heavy atom. The predicted octanol–water partition coefficient (Wildman–Crippen LogP) is 10.2. The quantitative estimate of drug-likeness (QED) is 0.178. The normalized spacial score (nSPS) is 13.8. The summed E-state index contributed by atoms with van der Waals surface area (Å²) in [5.41, 5.74) is 13.5. The third-order valence-corrected chi connectivity index (χ3v) is 9.41. The molecule has 0 aliphatic heterocycles. The van der Waals surface area contributed by atoms with E-state index in [2.05, 4.69) is 149 Å². The van der Waals surface area contributed by atoms with E-state index in [-0.39, 0.29) is 5.41 Å². The first-order valence-electron chi connectivity index (χ1n) is 13.7. The van der Waals surface area contributed by atoms with Gasteiger partial charge in [-0.3, -0.25) is 0 Å². The van der Waals surface area contributed by atoms with Crippen molar-refractivity contribution in [2.45, 2.75) is 5.41 Å². The Morgan fingerprint density at radius 3 is 1.85 bits per heavy atom. The van der Waals surface area contributed by atoms with E-state index in [4.69, 9.17) is 4.98 Å². The second-order valence-electron chi connectivity index (χ2n) is 10.8. The lowest BCUT2D eigenvalue weighted by Crippen LogP contribution is -2.25. The lowest BCUT2D eigenvalue weighted by molar-refractivity contribution is 0.794. The van der Waals surface area contributed by atoms with Gasteiger partial charge < -0.3 is 0 Å². The van der Waals surface area contributed by atoms with Crippen molar-refractivity contribution in [3.63, 3.8) is 0 Å². The Hall–Kier alpha value is -4.53. The highest BCUT2D eigenvalue weighted by molar-refractivity contribution is 9.10. The average Bonchev–Trinajstić information content (AvgIpc) is 3.48. The molecule has 40 heavy (non-hydrogen) atoms. The van der Waals surface area contributed by atoms with Crippen LogP contribution >= 0.6 is 15.9 Å². The van der Waals surface area contributed by atoms with E-state index in [1.54, 1.807) is 0 Å². The molecule has 186 valence electrons. The van der Waals surface area contributed by atoms with Crippen LogP contribution in [0.1, 0.15) is 22.3 Å². The van der Waals surface area contributed by atoms with Crippen LogP contribution in [0.3, 0.4) is 0 Å². The van der Waals surface area contributed by atoms with Crippen LogP contribution in [0.5, 0.6) is 0 Å². The van der Waals surface area contributed by atoms with Gasteiger partial charge in [0.1, 0.15) is 0 Å². The number of benzene rings is 6. The van der Waals surface area contributed by atoms with Gasteiger partial charge in [-0.05, 0) is 62.7 Å². The zero-order valence-corrected chi connectivity index (χ0v) is 23.1. The summed E-state index contributed by atoms with van der Waals surface area (Å²) in [4.78, 5) is 5.24. The van der Waals surface area contributed by atoms with E-state index < -0.39 is 0 Å². The topological polar surface area (TPSA) is 12.9 Å². The number of hydrogen-bond acceptors (Lipinski definition) is 1. The molecule has 0 unspecified atom stereocenters. The maximum Gasteiger partial charge on any atom is 0.0788 e. The van der Waals surface area contributed by atoms with E-state index in [1.807, 2.05) is 0 Å². The summed E-state index contributed by atoms with van der Waals surface area (Å²) in [6.07, 6.45) is 0. The molecule has 0 amide bonds. The van der Waals surface area contributed by atoms with Crippen molar-refractivity contribution < 1.29 is 0 Å². The maximum atomic E-state index is 5.24. The summed E-state index contributed by atoms with van der Waals surface area (Å²) in [7, 11) is 0. The molecule has 1 spiro atoms. The SMILES string of the molecule is Brc1cccc(-c2nc3ccccc3c3c4c(ccc23)C2(c3ccccc3-c3ccccc32)c2ccccc2-4)c1. The van der Waals surface area contributed by atoms with Gasteiger partial charge in [-0.2, -0.15) is 0 Å². The molecule has 7 aromatic rings. The van der Waals surface area contributed by atoms with Gasteiger partial charge in [0.05, 0.1) is 16.6 Å². The van der Waals surface area contributed by atoms with Crippen molar-refractivity contribution in [3.05, 3.63) is 160 Å². The molecule has 0 atom stereocenters. The van der Waals surface area contributed by atoms with Crippen LogP contribution in [-0.4, -0.2) is 4.98 Å². The second-order valence-corrected chi connectivity index (χ2v) is 11.7. The molecule has 2 heteroatoms. The van der Waals surface area contributed by atoms with Crippen molar-refractivity contribution in [2.75, 3.05) is 0 Å². The van der Waals surface area contributed by atoms with Gasteiger partial charge in [0, 0.05) is 26.2 Å². The molecule has 1 heterocycles. The lowest BCUT2D eigenvalue weighted by atomic mass is 9.70. The molecule has 0 saturated heterocycles. The van der Waals surface area contributed by atoms with Crippen molar-refractivity contribution >= 4 is 37.6 Å². The van der Waals surface area contributed by atoms with E-state index in [0.29, 0.717) is 0 Å². The molecule has 2 aliphatic rings. The first-order chi connectivity index (χ1) is 19.8. The number of pyridine rings is 1. The Balaban J connectivity index is 1.51. The van der Waals surface area contributed by atoms with Gasteiger partial charge in [-0.15, -0.1) is 0 Å². The maximum absolute atomic E-state index is 5.24. The monoisotopic (exact) mass is 571 g/mol. The molecule has 0 N–H and O–H groups in total. The largest absolute Gasteiger partial charge is 0.247 e. The zero-order valence-electron chi connectivity index (χ0n) is 21.5. The number of halogens is 1. The highest BCUT2D eigenvalue weighted by Crippen LogP contribution is 2.64. The zero-order chi connectivity index (χ0) is 26.4. The van der Waals surface area contributed by atoms with E-state index in [0.717, 1.165) is 21.2 Å². The van der Waals surface area contributed by atoms with E-state index >= 15 is 0 Å². The second kappa shape index (κ2) is 8.00. The number of hydrogen-bond donors (Lipinski definition) is 0. The summed E-state index contributed by atoms with van der Waals surface area (Å²) in [6.45, 7) is 0. The molecule has 0 radical (unpaired) electrons. The molecular weight excluding hydrogens is 550 g/mol. The fraction of sp³-hybridized carbons (Fsp3) is 0.0263. The number of nitrogens with zero attached hydrogens (tertiary/aromatic N) is 1. The van der Waals surface area contributed by atoms with Crippen molar-refractivity contribution in [2.24, 2.45) is 0 Å². The fourth-order valence-corrected chi connectivity index (χ4v) is 7.88. The van der Waals surface area contributed by atoms with Crippen LogP contribution in [0.2, 0.25) is 0 Å². The van der Waals surface area contributed by atoms with Crippen LogP contribution in [-0.2, 0) is 5.41 Å².